The Bertz CT molecular complexity index is 1230. The third-order valence-corrected chi connectivity index (χ3v) is 5.58. The van der Waals surface area contributed by atoms with Gasteiger partial charge in [-0.25, -0.2) is 13.8 Å². The van der Waals surface area contributed by atoms with E-state index in [4.69, 9.17) is 23.2 Å². The van der Waals surface area contributed by atoms with Crippen LogP contribution in [0.5, 0.6) is 0 Å². The van der Waals surface area contributed by atoms with Crippen molar-refractivity contribution in [2.75, 3.05) is 0 Å². The summed E-state index contributed by atoms with van der Waals surface area (Å²) < 4.78 is 30.3. The minimum atomic E-state index is -0.658. The van der Waals surface area contributed by atoms with Gasteiger partial charge >= 0.3 is 0 Å². The van der Waals surface area contributed by atoms with Crippen LogP contribution in [0, 0.1) is 11.6 Å². The van der Waals surface area contributed by atoms with E-state index < -0.39 is 17.5 Å². The zero-order chi connectivity index (χ0) is 20.7. The van der Waals surface area contributed by atoms with Gasteiger partial charge in [-0.15, -0.1) is 0 Å². The summed E-state index contributed by atoms with van der Waals surface area (Å²) in [5.74, 6) is -1.80. The van der Waals surface area contributed by atoms with Crippen molar-refractivity contribution < 1.29 is 13.6 Å². The summed E-state index contributed by atoms with van der Waals surface area (Å²) >= 11 is 15.7. The summed E-state index contributed by atoms with van der Waals surface area (Å²) in [5.41, 5.74) is 0.908. The summed E-state index contributed by atoms with van der Waals surface area (Å²) in [7, 11) is 0. The number of hydrogen-bond acceptors (Lipinski definition) is 2. The van der Waals surface area contributed by atoms with Gasteiger partial charge in [-0.05, 0) is 51.8 Å². The molecule has 2 aromatic heterocycles. The highest BCUT2D eigenvalue weighted by atomic mass is 79.9. The first-order valence-corrected chi connectivity index (χ1v) is 9.99. The van der Waals surface area contributed by atoms with Crippen LogP contribution in [0.15, 0.2) is 59.3 Å². The van der Waals surface area contributed by atoms with Crippen molar-refractivity contribution in [2.24, 2.45) is 0 Å². The first-order chi connectivity index (χ1) is 13.9. The quantitative estimate of drug-likeness (QED) is 0.318. The number of hydrogen-bond donors (Lipinski definition) is 0. The van der Waals surface area contributed by atoms with E-state index in [2.05, 4.69) is 20.9 Å². The Morgan fingerprint density at radius 2 is 1.69 bits per heavy atom. The number of rotatable bonds is 3. The number of benzene rings is 2. The molecule has 146 valence electrons. The van der Waals surface area contributed by atoms with Gasteiger partial charge in [0.15, 0.2) is 0 Å². The summed E-state index contributed by atoms with van der Waals surface area (Å²) in [4.78, 5) is 17.5. The second-order valence-corrected chi connectivity index (χ2v) is 8.06. The molecule has 0 saturated heterocycles. The number of carbonyl (C=O) groups excluding carboxylic acids is 1. The standard InChI is InChI=1S/C21H11BrCl2F2N2O/c22-12-8-13-11(7-14-17(25)5-2-6-18(14)26)10-28(20(13)27-9-12)21(29)19-15(23)3-1-4-16(19)24/h1-6,8-10H,7H2. The van der Waals surface area contributed by atoms with E-state index in [1.807, 2.05) is 0 Å². The van der Waals surface area contributed by atoms with Crippen LogP contribution >= 0.6 is 39.1 Å². The van der Waals surface area contributed by atoms with E-state index >= 15 is 0 Å². The number of halogens is 5. The fourth-order valence-electron chi connectivity index (χ4n) is 3.16. The van der Waals surface area contributed by atoms with Crippen LogP contribution < -0.4 is 0 Å². The lowest BCUT2D eigenvalue weighted by molar-refractivity contribution is 0.0964. The summed E-state index contributed by atoms with van der Waals surface area (Å²) in [6.07, 6.45) is 3.00. The molecule has 2 aromatic carbocycles. The van der Waals surface area contributed by atoms with Crippen LogP contribution in [0.25, 0.3) is 11.0 Å². The van der Waals surface area contributed by atoms with Gasteiger partial charge < -0.3 is 0 Å². The molecule has 0 aliphatic rings. The van der Waals surface area contributed by atoms with Crippen LogP contribution in [-0.4, -0.2) is 15.5 Å². The maximum Gasteiger partial charge on any atom is 0.266 e. The van der Waals surface area contributed by atoms with Crippen LogP contribution in [0.4, 0.5) is 8.78 Å². The molecule has 29 heavy (non-hydrogen) atoms. The van der Waals surface area contributed by atoms with E-state index in [1.54, 1.807) is 24.3 Å². The number of fused-ring (bicyclic) bond motifs is 1. The molecule has 0 unspecified atom stereocenters. The van der Waals surface area contributed by atoms with Crippen LogP contribution in [-0.2, 0) is 6.42 Å². The molecule has 0 atom stereocenters. The number of pyridine rings is 1. The number of aromatic nitrogens is 2. The molecule has 0 N–H and O–H groups in total. The molecule has 4 rings (SSSR count). The molecule has 0 saturated carbocycles. The van der Waals surface area contributed by atoms with Crippen molar-refractivity contribution in [1.29, 1.82) is 0 Å². The molecule has 0 fully saturated rings. The average molecular weight is 496 g/mol. The molecular formula is C21H11BrCl2F2N2O. The Morgan fingerprint density at radius 3 is 2.34 bits per heavy atom. The van der Waals surface area contributed by atoms with Gasteiger partial charge in [-0.2, -0.15) is 0 Å². The maximum atomic E-state index is 14.2. The van der Waals surface area contributed by atoms with Crippen molar-refractivity contribution in [1.82, 2.24) is 9.55 Å². The lowest BCUT2D eigenvalue weighted by Gasteiger charge is -2.07. The predicted octanol–water partition coefficient (Wildman–Crippen LogP) is 6.66. The van der Waals surface area contributed by atoms with Gasteiger partial charge in [-0.1, -0.05) is 35.3 Å². The predicted molar refractivity (Wildman–Crippen MR) is 113 cm³/mol. The summed E-state index contributed by atoms with van der Waals surface area (Å²) in [6.45, 7) is 0. The van der Waals surface area contributed by atoms with Crippen molar-refractivity contribution in [3.05, 3.63) is 97.7 Å². The van der Waals surface area contributed by atoms with Crippen LogP contribution in [0.1, 0.15) is 21.5 Å². The molecule has 0 amide bonds. The smallest absolute Gasteiger partial charge is 0.266 e. The normalized spacial score (nSPS) is 11.2. The largest absolute Gasteiger partial charge is 0.268 e. The maximum absolute atomic E-state index is 14.2. The fraction of sp³-hybridized carbons (Fsp3) is 0.0476. The molecular weight excluding hydrogens is 485 g/mol. The van der Waals surface area contributed by atoms with Gasteiger partial charge in [0, 0.05) is 34.2 Å². The average Bonchev–Trinajstić information content (AvgIpc) is 3.02. The highest BCUT2D eigenvalue weighted by molar-refractivity contribution is 9.10. The lowest BCUT2D eigenvalue weighted by atomic mass is 10.0. The molecule has 4 aromatic rings. The van der Waals surface area contributed by atoms with Gasteiger partial charge in [-0.3, -0.25) is 9.36 Å². The lowest BCUT2D eigenvalue weighted by Crippen LogP contribution is -2.12. The van der Waals surface area contributed by atoms with E-state index in [0.717, 1.165) is 0 Å². The molecule has 3 nitrogen and oxygen atoms in total. The molecule has 8 heteroatoms. The van der Waals surface area contributed by atoms with Crippen molar-refractivity contribution in [2.45, 2.75) is 6.42 Å². The van der Waals surface area contributed by atoms with Crippen LogP contribution in [0.3, 0.4) is 0 Å². The third-order valence-electron chi connectivity index (χ3n) is 4.52. The summed E-state index contributed by atoms with van der Waals surface area (Å²) in [5, 5.41) is 0.977. The molecule has 0 spiro atoms. The second kappa shape index (κ2) is 7.86. The van der Waals surface area contributed by atoms with E-state index in [-0.39, 0.29) is 27.6 Å². The Balaban J connectivity index is 1.90. The fourth-order valence-corrected chi connectivity index (χ4v) is 4.05. The van der Waals surface area contributed by atoms with E-state index in [0.29, 0.717) is 21.1 Å². The number of nitrogens with zero attached hydrogens (tertiary/aromatic N) is 2. The first kappa shape index (κ1) is 20.0. The highest BCUT2D eigenvalue weighted by Gasteiger charge is 2.22. The van der Waals surface area contributed by atoms with E-state index in [9.17, 15) is 13.6 Å². The topological polar surface area (TPSA) is 34.9 Å². The van der Waals surface area contributed by atoms with Gasteiger partial charge in [0.1, 0.15) is 17.3 Å². The van der Waals surface area contributed by atoms with Gasteiger partial charge in [0.05, 0.1) is 15.6 Å². The second-order valence-electron chi connectivity index (χ2n) is 6.33. The minimum Gasteiger partial charge on any atom is -0.268 e. The highest BCUT2D eigenvalue weighted by Crippen LogP contribution is 2.30. The molecule has 0 radical (unpaired) electrons. The number of carbonyl (C=O) groups is 1. The van der Waals surface area contributed by atoms with Crippen molar-refractivity contribution in [3.8, 4) is 0 Å². The molecule has 0 aliphatic carbocycles. The SMILES string of the molecule is O=C(c1c(Cl)cccc1Cl)n1cc(Cc2c(F)cccc2F)c2cc(Br)cnc21. The zero-order valence-corrected chi connectivity index (χ0v) is 17.7. The van der Waals surface area contributed by atoms with E-state index in [1.165, 1.54) is 35.2 Å². The third kappa shape index (κ3) is 3.68. The molecule has 2 heterocycles. The molecule has 0 bridgehead atoms. The summed E-state index contributed by atoms with van der Waals surface area (Å²) in [6, 6.07) is 10.2. The Hall–Kier alpha value is -2.28. The van der Waals surface area contributed by atoms with Crippen LogP contribution in [0.2, 0.25) is 10.0 Å². The van der Waals surface area contributed by atoms with Gasteiger partial charge in [0.2, 0.25) is 0 Å². The van der Waals surface area contributed by atoms with Gasteiger partial charge in [0.25, 0.3) is 5.91 Å². The van der Waals surface area contributed by atoms with Crippen molar-refractivity contribution >= 4 is 56.1 Å². The minimum absolute atomic E-state index is 0.0519. The monoisotopic (exact) mass is 494 g/mol. The Kier molecular flexibility index (Phi) is 5.42. The van der Waals surface area contributed by atoms with Crippen molar-refractivity contribution in [3.63, 3.8) is 0 Å². The Labute approximate surface area is 183 Å². The first-order valence-electron chi connectivity index (χ1n) is 8.44. The Morgan fingerprint density at radius 1 is 1.07 bits per heavy atom. The molecule has 0 aliphatic heterocycles. The zero-order valence-electron chi connectivity index (χ0n) is 14.6.